The second-order valence-electron chi connectivity index (χ2n) is 7.50. The Balaban J connectivity index is 1.57. The van der Waals surface area contributed by atoms with Gasteiger partial charge in [0, 0.05) is 43.2 Å². The summed E-state index contributed by atoms with van der Waals surface area (Å²) in [5, 5.41) is 25.8. The number of benzene rings is 1. The number of amides is 2. The molecule has 1 aromatic carbocycles. The second kappa shape index (κ2) is 11.1. The summed E-state index contributed by atoms with van der Waals surface area (Å²) in [7, 11) is 3.45. The molecule has 9 heteroatoms. The number of aliphatic hydroxyl groups excluding tert-OH is 2. The largest absolute Gasteiger partial charge is 0.497 e. The van der Waals surface area contributed by atoms with Crippen LogP contribution in [0.3, 0.4) is 0 Å². The molecule has 31 heavy (non-hydrogen) atoms. The summed E-state index contributed by atoms with van der Waals surface area (Å²) < 4.78 is 11.0. The minimum absolute atomic E-state index is 0.182. The minimum atomic E-state index is -0.869. The first kappa shape index (κ1) is 23.0. The zero-order chi connectivity index (χ0) is 22.2. The standard InChI is InChI=1S/C22H30N4O5/c1-26(11-9-15-6-3-4-10-23-15)20-18(31-19(14-27)21(20)28)13-24-22(29)25-16-7-5-8-17(12-16)30-2/h3-8,10,12,18-21,27-28H,9,11,13-14H2,1-2H3,(H2,24,25,29)/t18-,19+,20-,21-/m1/s1. The van der Waals surface area contributed by atoms with Crippen LogP contribution in [0, 0.1) is 0 Å². The van der Waals surface area contributed by atoms with Gasteiger partial charge in [-0.2, -0.15) is 0 Å². The summed E-state index contributed by atoms with van der Waals surface area (Å²) in [5.74, 6) is 0.639. The highest BCUT2D eigenvalue weighted by atomic mass is 16.5. The Bertz CT molecular complexity index is 838. The van der Waals surface area contributed by atoms with Gasteiger partial charge in [0.25, 0.3) is 0 Å². The van der Waals surface area contributed by atoms with E-state index in [1.165, 1.54) is 0 Å². The lowest BCUT2D eigenvalue weighted by Gasteiger charge is -2.30. The van der Waals surface area contributed by atoms with Crippen molar-refractivity contribution in [2.75, 3.05) is 39.2 Å². The Kier molecular flexibility index (Phi) is 8.19. The zero-order valence-electron chi connectivity index (χ0n) is 17.8. The number of aromatic nitrogens is 1. The van der Waals surface area contributed by atoms with Crippen molar-refractivity contribution >= 4 is 11.7 Å². The van der Waals surface area contributed by atoms with Gasteiger partial charge in [-0.25, -0.2) is 4.79 Å². The Hall–Kier alpha value is -2.72. The van der Waals surface area contributed by atoms with E-state index in [1.807, 2.05) is 30.1 Å². The van der Waals surface area contributed by atoms with Crippen LogP contribution in [0.2, 0.25) is 0 Å². The second-order valence-corrected chi connectivity index (χ2v) is 7.50. The number of likely N-dealkylation sites (N-methyl/N-ethyl adjacent to an activating group) is 1. The van der Waals surface area contributed by atoms with Crippen LogP contribution in [0.1, 0.15) is 5.69 Å². The van der Waals surface area contributed by atoms with Crippen molar-refractivity contribution in [3.63, 3.8) is 0 Å². The van der Waals surface area contributed by atoms with Crippen molar-refractivity contribution < 1.29 is 24.5 Å². The first-order chi connectivity index (χ1) is 15.0. The highest BCUT2D eigenvalue weighted by Crippen LogP contribution is 2.25. The topological polar surface area (TPSA) is 116 Å². The number of urea groups is 1. The van der Waals surface area contributed by atoms with E-state index in [2.05, 4.69) is 15.6 Å². The number of anilines is 1. The van der Waals surface area contributed by atoms with Gasteiger partial charge in [0.1, 0.15) is 18.0 Å². The Morgan fingerprint density at radius 1 is 1.26 bits per heavy atom. The van der Waals surface area contributed by atoms with Crippen LogP contribution in [0.4, 0.5) is 10.5 Å². The zero-order valence-corrected chi connectivity index (χ0v) is 17.8. The fourth-order valence-electron chi connectivity index (χ4n) is 3.75. The third kappa shape index (κ3) is 6.14. The van der Waals surface area contributed by atoms with E-state index in [-0.39, 0.29) is 19.2 Å². The average molecular weight is 431 g/mol. The van der Waals surface area contributed by atoms with Crippen molar-refractivity contribution in [3.8, 4) is 5.75 Å². The molecule has 3 rings (SSSR count). The van der Waals surface area contributed by atoms with Crippen LogP contribution < -0.4 is 15.4 Å². The van der Waals surface area contributed by atoms with Gasteiger partial charge in [-0.05, 0) is 31.3 Å². The molecule has 168 valence electrons. The van der Waals surface area contributed by atoms with Gasteiger partial charge in [0.15, 0.2) is 0 Å². The number of carbonyl (C=O) groups is 1. The van der Waals surface area contributed by atoms with Crippen LogP contribution in [-0.4, -0.2) is 84.3 Å². The number of hydrogen-bond donors (Lipinski definition) is 4. The van der Waals surface area contributed by atoms with E-state index in [4.69, 9.17) is 9.47 Å². The smallest absolute Gasteiger partial charge is 0.319 e. The normalized spacial score (nSPS) is 23.0. The molecule has 0 bridgehead atoms. The predicted molar refractivity (Wildman–Crippen MR) is 116 cm³/mol. The summed E-state index contributed by atoms with van der Waals surface area (Å²) in [4.78, 5) is 18.6. The molecule has 4 N–H and O–H groups in total. The van der Waals surface area contributed by atoms with Crippen molar-refractivity contribution in [2.45, 2.75) is 30.8 Å². The molecule has 2 aromatic rings. The summed E-state index contributed by atoms with van der Waals surface area (Å²) in [5.41, 5.74) is 1.55. The van der Waals surface area contributed by atoms with Crippen LogP contribution >= 0.6 is 0 Å². The summed E-state index contributed by atoms with van der Waals surface area (Å²) in [6.07, 6.45) is 0.415. The maximum Gasteiger partial charge on any atom is 0.319 e. The Morgan fingerprint density at radius 3 is 2.81 bits per heavy atom. The molecular weight excluding hydrogens is 400 g/mol. The maximum absolute atomic E-state index is 12.3. The Morgan fingerprint density at radius 2 is 2.10 bits per heavy atom. The van der Waals surface area contributed by atoms with Gasteiger partial charge in [-0.3, -0.25) is 9.88 Å². The molecule has 0 unspecified atom stereocenters. The van der Waals surface area contributed by atoms with E-state index in [0.29, 0.717) is 24.4 Å². The average Bonchev–Trinajstić information content (AvgIpc) is 3.12. The number of pyridine rings is 1. The van der Waals surface area contributed by atoms with E-state index in [9.17, 15) is 15.0 Å². The summed E-state index contributed by atoms with van der Waals surface area (Å²) >= 11 is 0. The number of carbonyl (C=O) groups excluding carboxylic acids is 1. The van der Waals surface area contributed by atoms with E-state index in [0.717, 1.165) is 5.69 Å². The van der Waals surface area contributed by atoms with Gasteiger partial charge >= 0.3 is 6.03 Å². The van der Waals surface area contributed by atoms with Crippen molar-refractivity contribution in [3.05, 3.63) is 54.4 Å². The number of methoxy groups -OCH3 is 1. The van der Waals surface area contributed by atoms with Gasteiger partial charge in [-0.15, -0.1) is 0 Å². The van der Waals surface area contributed by atoms with E-state index < -0.39 is 24.3 Å². The van der Waals surface area contributed by atoms with Crippen LogP contribution in [0.25, 0.3) is 0 Å². The first-order valence-electron chi connectivity index (χ1n) is 10.2. The third-order valence-corrected chi connectivity index (χ3v) is 5.39. The fourth-order valence-corrected chi connectivity index (χ4v) is 3.75. The molecular formula is C22H30N4O5. The SMILES string of the molecule is COc1cccc(NC(=O)NC[C@H]2O[C@@H](CO)[C@@H](O)[C@@H]2N(C)CCc2ccccn2)c1. The summed E-state index contributed by atoms with van der Waals surface area (Å²) in [6, 6.07) is 12.0. The van der Waals surface area contributed by atoms with Crippen LogP contribution in [0.15, 0.2) is 48.7 Å². The Labute approximate surface area is 182 Å². The molecule has 1 aromatic heterocycles. The minimum Gasteiger partial charge on any atom is -0.497 e. The molecule has 9 nitrogen and oxygen atoms in total. The number of ether oxygens (including phenoxy) is 2. The van der Waals surface area contributed by atoms with Crippen LogP contribution in [0.5, 0.6) is 5.75 Å². The molecule has 0 aliphatic carbocycles. The highest BCUT2D eigenvalue weighted by molar-refractivity contribution is 5.89. The number of rotatable bonds is 9. The third-order valence-electron chi connectivity index (χ3n) is 5.39. The van der Waals surface area contributed by atoms with Gasteiger partial charge < -0.3 is 30.3 Å². The highest BCUT2D eigenvalue weighted by Gasteiger charge is 2.45. The fraction of sp³-hybridized carbons (Fsp3) is 0.455. The lowest BCUT2D eigenvalue weighted by atomic mass is 10.0. The lowest BCUT2D eigenvalue weighted by molar-refractivity contribution is -0.0205. The maximum atomic E-state index is 12.3. The van der Waals surface area contributed by atoms with Crippen molar-refractivity contribution in [2.24, 2.45) is 0 Å². The number of nitrogens with zero attached hydrogens (tertiary/aromatic N) is 2. The van der Waals surface area contributed by atoms with E-state index in [1.54, 1.807) is 37.6 Å². The number of aliphatic hydroxyl groups is 2. The molecule has 1 saturated heterocycles. The molecule has 1 aliphatic rings. The lowest BCUT2D eigenvalue weighted by Crippen LogP contribution is -2.50. The van der Waals surface area contributed by atoms with Gasteiger partial charge in [-0.1, -0.05) is 12.1 Å². The molecule has 2 amide bonds. The molecule has 1 aliphatic heterocycles. The monoisotopic (exact) mass is 430 g/mol. The number of hydrogen-bond acceptors (Lipinski definition) is 7. The first-order valence-corrected chi connectivity index (χ1v) is 10.2. The van der Waals surface area contributed by atoms with E-state index >= 15 is 0 Å². The molecule has 1 fully saturated rings. The molecule has 0 spiro atoms. The molecule has 0 saturated carbocycles. The number of nitrogens with one attached hydrogen (secondary N) is 2. The predicted octanol–water partition coefficient (Wildman–Crippen LogP) is 0.875. The van der Waals surface area contributed by atoms with Crippen molar-refractivity contribution in [1.82, 2.24) is 15.2 Å². The molecule has 4 atom stereocenters. The van der Waals surface area contributed by atoms with Gasteiger partial charge in [0.05, 0.1) is 25.9 Å². The summed E-state index contributed by atoms with van der Waals surface area (Å²) in [6.45, 7) is 0.535. The van der Waals surface area contributed by atoms with Crippen LogP contribution in [-0.2, 0) is 11.2 Å². The van der Waals surface area contributed by atoms with Gasteiger partial charge in [0.2, 0.25) is 0 Å². The molecule has 2 heterocycles. The quantitative estimate of drug-likeness (QED) is 0.467. The van der Waals surface area contributed by atoms with Crippen molar-refractivity contribution in [1.29, 1.82) is 0 Å². The molecule has 0 radical (unpaired) electrons.